The molecule has 0 radical (unpaired) electrons. The average Bonchev–Trinajstić information content (AvgIpc) is 3.25. The second-order valence-corrected chi connectivity index (χ2v) is 7.50. The van der Waals surface area contributed by atoms with Gasteiger partial charge >= 0.3 is 0 Å². The first kappa shape index (κ1) is 19.8. The quantitative estimate of drug-likeness (QED) is 0.657. The van der Waals surface area contributed by atoms with Crippen molar-refractivity contribution in [2.24, 2.45) is 5.92 Å². The number of nitrogens with one attached hydrogen (secondary N) is 1. The molecule has 0 saturated carbocycles. The predicted octanol–water partition coefficient (Wildman–Crippen LogP) is 2.36. The van der Waals surface area contributed by atoms with Crippen molar-refractivity contribution in [3.63, 3.8) is 0 Å². The van der Waals surface area contributed by atoms with Crippen molar-refractivity contribution >= 4 is 11.8 Å². The molecule has 1 saturated heterocycles. The molecule has 154 valence electrons. The van der Waals surface area contributed by atoms with Gasteiger partial charge in [-0.3, -0.25) is 14.6 Å². The Bertz CT molecular complexity index is 987. The van der Waals surface area contributed by atoms with Crippen LogP contribution < -0.4 is 5.32 Å². The zero-order valence-corrected chi connectivity index (χ0v) is 16.8. The molecule has 2 amide bonds. The highest BCUT2D eigenvalue weighted by Crippen LogP contribution is 2.19. The number of pyridine rings is 1. The third-order valence-corrected chi connectivity index (χ3v) is 5.32. The lowest BCUT2D eigenvalue weighted by molar-refractivity contribution is -0.138. The maximum Gasteiger partial charge on any atom is 0.224 e. The molecule has 0 bridgehead atoms. The van der Waals surface area contributed by atoms with Crippen LogP contribution in [-0.4, -0.2) is 44.6 Å². The van der Waals surface area contributed by atoms with E-state index in [1.165, 1.54) is 0 Å². The van der Waals surface area contributed by atoms with Crippen LogP contribution in [0.2, 0.25) is 0 Å². The van der Waals surface area contributed by atoms with Crippen molar-refractivity contribution in [3.8, 4) is 5.69 Å². The molecule has 4 rings (SSSR count). The smallest absolute Gasteiger partial charge is 0.224 e. The molecule has 1 fully saturated rings. The van der Waals surface area contributed by atoms with Crippen LogP contribution in [0, 0.1) is 5.92 Å². The summed E-state index contributed by atoms with van der Waals surface area (Å²) in [6.07, 6.45) is 7.22. The van der Waals surface area contributed by atoms with Gasteiger partial charge in [0.15, 0.2) is 0 Å². The number of para-hydroxylation sites is 1. The van der Waals surface area contributed by atoms with Gasteiger partial charge in [0.1, 0.15) is 0 Å². The number of amides is 2. The minimum absolute atomic E-state index is 0.00368. The molecule has 1 aliphatic heterocycles. The molecule has 30 heavy (non-hydrogen) atoms. The highest BCUT2D eigenvalue weighted by molar-refractivity contribution is 5.83. The second kappa shape index (κ2) is 9.35. The van der Waals surface area contributed by atoms with Crippen molar-refractivity contribution < 1.29 is 9.59 Å². The van der Waals surface area contributed by atoms with Gasteiger partial charge in [0.2, 0.25) is 11.8 Å². The Hall–Kier alpha value is -3.48. The Labute approximate surface area is 175 Å². The van der Waals surface area contributed by atoms with Crippen LogP contribution in [-0.2, 0) is 22.6 Å². The summed E-state index contributed by atoms with van der Waals surface area (Å²) in [7, 11) is 0. The fraction of sp³-hybridized carbons (Fsp3) is 0.304. The number of nitrogens with zero attached hydrogens (tertiary/aromatic N) is 4. The topological polar surface area (TPSA) is 80.1 Å². The van der Waals surface area contributed by atoms with E-state index in [0.29, 0.717) is 38.9 Å². The van der Waals surface area contributed by atoms with E-state index in [1.54, 1.807) is 11.1 Å². The zero-order valence-electron chi connectivity index (χ0n) is 16.8. The van der Waals surface area contributed by atoms with Crippen molar-refractivity contribution in [3.05, 3.63) is 78.4 Å². The fourth-order valence-corrected chi connectivity index (χ4v) is 3.65. The number of hydrogen-bond donors (Lipinski definition) is 1. The van der Waals surface area contributed by atoms with E-state index in [4.69, 9.17) is 0 Å². The molecule has 0 spiro atoms. The monoisotopic (exact) mass is 403 g/mol. The normalized spacial score (nSPS) is 16.5. The van der Waals surface area contributed by atoms with Crippen molar-refractivity contribution in [2.45, 2.75) is 25.8 Å². The molecule has 1 aliphatic rings. The minimum Gasteiger partial charge on any atom is -0.355 e. The van der Waals surface area contributed by atoms with Gasteiger partial charge in [-0.1, -0.05) is 24.3 Å². The lowest BCUT2D eigenvalue weighted by atomic mass is 9.96. The maximum absolute atomic E-state index is 12.6. The molecule has 0 unspecified atom stereocenters. The lowest BCUT2D eigenvalue weighted by Gasteiger charge is -2.31. The summed E-state index contributed by atoms with van der Waals surface area (Å²) in [5, 5.41) is 7.41. The second-order valence-electron chi connectivity index (χ2n) is 7.50. The summed E-state index contributed by atoms with van der Waals surface area (Å²) in [6.45, 7) is 1.43. The Morgan fingerprint density at radius 1 is 1.13 bits per heavy atom. The van der Waals surface area contributed by atoms with Gasteiger partial charge < -0.3 is 10.2 Å². The van der Waals surface area contributed by atoms with Crippen LogP contribution >= 0.6 is 0 Å². The van der Waals surface area contributed by atoms with E-state index in [9.17, 15) is 9.59 Å². The van der Waals surface area contributed by atoms with Crippen LogP contribution in [0.3, 0.4) is 0 Å². The summed E-state index contributed by atoms with van der Waals surface area (Å²) in [6, 6.07) is 15.6. The first-order chi connectivity index (χ1) is 14.7. The van der Waals surface area contributed by atoms with Gasteiger partial charge in [0.05, 0.1) is 30.0 Å². The summed E-state index contributed by atoms with van der Waals surface area (Å²) < 4.78 is 1.83. The maximum atomic E-state index is 12.6. The van der Waals surface area contributed by atoms with E-state index < -0.39 is 0 Å². The molecular formula is C23H25N5O2. The van der Waals surface area contributed by atoms with Crippen LogP contribution in [0.5, 0.6) is 0 Å². The third kappa shape index (κ3) is 4.92. The first-order valence-corrected chi connectivity index (χ1v) is 10.2. The van der Waals surface area contributed by atoms with Gasteiger partial charge in [0.25, 0.3) is 0 Å². The minimum atomic E-state index is -0.182. The number of aromatic nitrogens is 3. The zero-order chi connectivity index (χ0) is 20.8. The molecule has 0 aliphatic carbocycles. The summed E-state index contributed by atoms with van der Waals surface area (Å²) >= 11 is 0. The van der Waals surface area contributed by atoms with E-state index in [2.05, 4.69) is 15.4 Å². The van der Waals surface area contributed by atoms with Crippen molar-refractivity contribution in [2.75, 3.05) is 13.1 Å². The Kier molecular flexibility index (Phi) is 6.17. The van der Waals surface area contributed by atoms with Crippen LogP contribution in [0.25, 0.3) is 5.69 Å². The number of carbonyl (C=O) groups excluding carboxylic acids is 2. The molecular weight excluding hydrogens is 378 g/mol. The van der Waals surface area contributed by atoms with Crippen molar-refractivity contribution in [1.82, 2.24) is 25.0 Å². The lowest BCUT2D eigenvalue weighted by Crippen LogP contribution is -2.45. The number of benzene rings is 1. The summed E-state index contributed by atoms with van der Waals surface area (Å²) in [5.41, 5.74) is 2.91. The van der Waals surface area contributed by atoms with E-state index in [0.717, 1.165) is 16.9 Å². The van der Waals surface area contributed by atoms with Gasteiger partial charge in [-0.05, 0) is 42.7 Å². The number of likely N-dealkylation sites (tertiary alicyclic amines) is 1. The summed E-state index contributed by atoms with van der Waals surface area (Å²) in [4.78, 5) is 30.9. The predicted molar refractivity (Wildman–Crippen MR) is 113 cm³/mol. The van der Waals surface area contributed by atoms with Gasteiger partial charge in [-0.15, -0.1) is 0 Å². The largest absolute Gasteiger partial charge is 0.355 e. The number of rotatable bonds is 7. The molecule has 3 aromatic rings. The summed E-state index contributed by atoms with van der Waals surface area (Å²) in [5.74, 6) is -0.0968. The fourth-order valence-electron chi connectivity index (χ4n) is 3.65. The molecule has 7 nitrogen and oxygen atoms in total. The highest BCUT2D eigenvalue weighted by atomic mass is 16.2. The van der Waals surface area contributed by atoms with Crippen LogP contribution in [0.1, 0.15) is 24.1 Å². The third-order valence-electron chi connectivity index (χ3n) is 5.32. The van der Waals surface area contributed by atoms with E-state index >= 15 is 0 Å². The van der Waals surface area contributed by atoms with Gasteiger partial charge in [-0.2, -0.15) is 5.10 Å². The molecule has 2 aromatic heterocycles. The Morgan fingerprint density at radius 2 is 1.97 bits per heavy atom. The standard InChI is InChI=1S/C23H25N5O2/c29-22-10-9-19(16-27(22)17-20-6-4-5-12-24-20)23(30)25-13-11-18-14-26-28(15-18)21-7-2-1-3-8-21/h1-8,12,14-15,19H,9-11,13,16-17H2,(H,25,30)/t19-/m1/s1. The Balaban J connectivity index is 1.27. The number of carbonyl (C=O) groups is 2. The van der Waals surface area contributed by atoms with Crippen molar-refractivity contribution in [1.29, 1.82) is 0 Å². The number of hydrogen-bond acceptors (Lipinski definition) is 4. The molecule has 1 atom stereocenters. The van der Waals surface area contributed by atoms with Gasteiger partial charge in [0, 0.05) is 31.9 Å². The molecule has 3 heterocycles. The van der Waals surface area contributed by atoms with Crippen LogP contribution in [0.4, 0.5) is 0 Å². The Morgan fingerprint density at radius 3 is 2.77 bits per heavy atom. The number of piperidine rings is 1. The van der Waals surface area contributed by atoms with Crippen LogP contribution in [0.15, 0.2) is 67.1 Å². The molecule has 7 heteroatoms. The molecule has 1 aromatic carbocycles. The highest BCUT2D eigenvalue weighted by Gasteiger charge is 2.30. The SMILES string of the molecule is O=C(NCCc1cnn(-c2ccccc2)c1)[C@@H]1CCC(=O)N(Cc2ccccn2)C1. The molecule has 1 N–H and O–H groups in total. The first-order valence-electron chi connectivity index (χ1n) is 10.2. The van der Waals surface area contributed by atoms with E-state index in [1.807, 2.05) is 65.6 Å². The van der Waals surface area contributed by atoms with Gasteiger partial charge in [-0.25, -0.2) is 4.68 Å². The average molecular weight is 403 g/mol. The van der Waals surface area contributed by atoms with E-state index in [-0.39, 0.29) is 17.7 Å².